The highest BCUT2D eigenvalue weighted by Crippen LogP contribution is 2.21. The highest BCUT2D eigenvalue weighted by atomic mass is 35.5. The number of carbonyl (C=O) groups excluding carboxylic acids is 1. The Morgan fingerprint density at radius 3 is 2.48 bits per heavy atom. The Hall–Kier alpha value is -1.83. The van der Waals surface area contributed by atoms with Gasteiger partial charge < -0.3 is 20.9 Å². The third-order valence-electron chi connectivity index (χ3n) is 5.22. The van der Waals surface area contributed by atoms with Crippen molar-refractivity contribution in [1.29, 1.82) is 0 Å². The Kier molecular flexibility index (Phi) is 9.70. The van der Waals surface area contributed by atoms with Crippen LogP contribution in [0.2, 0.25) is 5.02 Å². The van der Waals surface area contributed by atoms with Gasteiger partial charge in [-0.1, -0.05) is 23.7 Å². The number of benzene rings is 1. The maximum atomic E-state index is 11.6. The number of hydrogen-bond donors (Lipinski definition) is 3. The van der Waals surface area contributed by atoms with Crippen molar-refractivity contribution < 1.29 is 4.79 Å². The van der Waals surface area contributed by atoms with Crippen LogP contribution in [0.1, 0.15) is 31.4 Å². The zero-order chi connectivity index (χ0) is 21.2. The second-order valence-corrected chi connectivity index (χ2v) is 8.05. The number of hydrogen-bond acceptors (Lipinski definition) is 4. The van der Waals surface area contributed by atoms with Crippen molar-refractivity contribution in [2.24, 2.45) is 4.99 Å². The third kappa shape index (κ3) is 7.84. The molecule has 1 saturated heterocycles. The summed E-state index contributed by atoms with van der Waals surface area (Å²) in [6.45, 7) is 5.84. The van der Waals surface area contributed by atoms with Crippen LogP contribution in [-0.4, -0.2) is 81.6 Å². The first kappa shape index (κ1) is 23.4. The summed E-state index contributed by atoms with van der Waals surface area (Å²) in [6.07, 6.45) is 1.99. The molecule has 0 spiro atoms. The summed E-state index contributed by atoms with van der Waals surface area (Å²) in [4.78, 5) is 20.8. The maximum Gasteiger partial charge on any atom is 0.233 e. The first-order valence-electron chi connectivity index (χ1n) is 10.3. The fourth-order valence-electron chi connectivity index (χ4n) is 3.46. The van der Waals surface area contributed by atoms with Gasteiger partial charge in [0.05, 0.1) is 19.1 Å². The van der Waals surface area contributed by atoms with Gasteiger partial charge in [0, 0.05) is 37.7 Å². The fourth-order valence-corrected chi connectivity index (χ4v) is 3.59. The van der Waals surface area contributed by atoms with Crippen LogP contribution in [0.15, 0.2) is 29.3 Å². The van der Waals surface area contributed by atoms with E-state index in [1.54, 1.807) is 7.05 Å². The largest absolute Gasteiger partial charge is 0.358 e. The first-order chi connectivity index (χ1) is 13.9. The van der Waals surface area contributed by atoms with Crippen LogP contribution in [-0.2, 0) is 4.79 Å². The van der Waals surface area contributed by atoms with Crippen LogP contribution in [0.5, 0.6) is 0 Å². The molecule has 1 fully saturated rings. The summed E-state index contributed by atoms with van der Waals surface area (Å²) < 4.78 is 0. The smallest absolute Gasteiger partial charge is 0.233 e. The van der Waals surface area contributed by atoms with E-state index in [1.165, 1.54) is 5.56 Å². The average molecular weight is 423 g/mol. The number of piperidine rings is 1. The minimum Gasteiger partial charge on any atom is -0.358 e. The van der Waals surface area contributed by atoms with Crippen LogP contribution < -0.4 is 16.0 Å². The summed E-state index contributed by atoms with van der Waals surface area (Å²) in [5, 5.41) is 10.4. The average Bonchev–Trinajstić information content (AvgIpc) is 2.70. The van der Waals surface area contributed by atoms with Crippen LogP contribution in [0.3, 0.4) is 0 Å². The Morgan fingerprint density at radius 2 is 1.93 bits per heavy atom. The number of amides is 1. The lowest BCUT2D eigenvalue weighted by Gasteiger charge is -2.32. The zero-order valence-electron chi connectivity index (χ0n) is 18.0. The number of halogens is 1. The predicted octanol–water partition coefficient (Wildman–Crippen LogP) is 1.71. The van der Waals surface area contributed by atoms with Gasteiger partial charge in [0.1, 0.15) is 0 Å². The number of guanidine groups is 1. The van der Waals surface area contributed by atoms with Crippen molar-refractivity contribution in [3.05, 3.63) is 34.9 Å². The molecule has 1 atom stereocenters. The fraction of sp³-hybridized carbons (Fsp3) is 0.619. The number of carbonyl (C=O) groups is 1. The van der Waals surface area contributed by atoms with Gasteiger partial charge in [0.15, 0.2) is 5.96 Å². The summed E-state index contributed by atoms with van der Waals surface area (Å²) >= 11 is 6.03. The van der Waals surface area contributed by atoms with Crippen LogP contribution in [0.25, 0.3) is 0 Å². The molecule has 0 aromatic heterocycles. The second kappa shape index (κ2) is 12.0. The number of nitrogens with one attached hydrogen (secondary N) is 3. The highest BCUT2D eigenvalue weighted by molar-refractivity contribution is 6.30. The lowest BCUT2D eigenvalue weighted by Crippen LogP contribution is -2.50. The Morgan fingerprint density at radius 1 is 1.28 bits per heavy atom. The Bertz CT molecular complexity index is 656. The van der Waals surface area contributed by atoms with E-state index in [9.17, 15) is 4.79 Å². The highest BCUT2D eigenvalue weighted by Gasteiger charge is 2.21. The molecule has 1 aliphatic heterocycles. The topological polar surface area (TPSA) is 72.0 Å². The van der Waals surface area contributed by atoms with Crippen LogP contribution >= 0.6 is 11.6 Å². The summed E-state index contributed by atoms with van der Waals surface area (Å²) in [6, 6.07) is 8.51. The molecule has 0 aliphatic carbocycles. The van der Waals surface area contributed by atoms with E-state index in [0.717, 1.165) is 43.5 Å². The lowest BCUT2D eigenvalue weighted by molar-refractivity contribution is -0.122. The van der Waals surface area contributed by atoms with E-state index in [-0.39, 0.29) is 11.9 Å². The predicted molar refractivity (Wildman–Crippen MR) is 121 cm³/mol. The van der Waals surface area contributed by atoms with Gasteiger partial charge in [-0.25, -0.2) is 0 Å². The van der Waals surface area contributed by atoms with Crippen LogP contribution in [0.4, 0.5) is 0 Å². The molecule has 1 aromatic rings. The summed E-state index contributed by atoms with van der Waals surface area (Å²) in [5.74, 6) is 0.918. The minimum absolute atomic E-state index is 0.0724. The SMILES string of the molecule is CCNC(=NCC(c1ccc(Cl)cc1)N(C)C)NC1CCN(CC(=O)NC)CC1. The second-order valence-electron chi connectivity index (χ2n) is 7.62. The molecule has 1 amide bonds. The Labute approximate surface area is 179 Å². The zero-order valence-corrected chi connectivity index (χ0v) is 18.8. The van der Waals surface area contributed by atoms with E-state index < -0.39 is 0 Å². The van der Waals surface area contributed by atoms with Crippen molar-refractivity contribution in [3.63, 3.8) is 0 Å². The van der Waals surface area contributed by atoms with Gasteiger partial charge in [0.2, 0.25) is 5.91 Å². The molecular formula is C21H35ClN6O. The van der Waals surface area contributed by atoms with Crippen molar-refractivity contribution >= 4 is 23.5 Å². The lowest BCUT2D eigenvalue weighted by atomic mass is 10.1. The number of rotatable bonds is 8. The number of aliphatic imine (C=N–C) groups is 1. The molecule has 0 radical (unpaired) electrons. The third-order valence-corrected chi connectivity index (χ3v) is 5.47. The molecule has 162 valence electrons. The quantitative estimate of drug-likeness (QED) is 0.439. The molecule has 7 nitrogen and oxygen atoms in total. The van der Waals surface area contributed by atoms with Crippen molar-refractivity contribution in [2.75, 3.05) is 53.9 Å². The standard InChI is InChI=1S/C21H35ClN6O/c1-5-24-21(26-18-10-12-28(13-11-18)15-20(29)23-2)25-14-19(27(3)4)16-6-8-17(22)9-7-16/h6-9,18-19H,5,10-15H2,1-4H3,(H,23,29)(H2,24,25,26). The molecule has 8 heteroatoms. The van der Waals surface area contributed by atoms with Crippen molar-refractivity contribution in [1.82, 2.24) is 25.8 Å². The number of likely N-dealkylation sites (N-methyl/N-ethyl adjacent to an activating group) is 2. The van der Waals surface area contributed by atoms with E-state index >= 15 is 0 Å². The molecule has 1 unspecified atom stereocenters. The molecule has 2 rings (SSSR count). The van der Waals surface area contributed by atoms with Crippen molar-refractivity contribution in [2.45, 2.75) is 31.8 Å². The van der Waals surface area contributed by atoms with E-state index in [4.69, 9.17) is 16.6 Å². The van der Waals surface area contributed by atoms with Gasteiger partial charge in [-0.05, 0) is 51.6 Å². The van der Waals surface area contributed by atoms with Gasteiger partial charge in [-0.2, -0.15) is 0 Å². The number of likely N-dealkylation sites (tertiary alicyclic amines) is 1. The molecule has 0 saturated carbocycles. The number of nitrogens with zero attached hydrogens (tertiary/aromatic N) is 3. The monoisotopic (exact) mass is 422 g/mol. The van der Waals surface area contributed by atoms with Gasteiger partial charge >= 0.3 is 0 Å². The van der Waals surface area contributed by atoms with Crippen molar-refractivity contribution in [3.8, 4) is 0 Å². The first-order valence-corrected chi connectivity index (χ1v) is 10.7. The molecule has 1 aromatic carbocycles. The molecule has 3 N–H and O–H groups in total. The summed E-state index contributed by atoms with van der Waals surface area (Å²) in [7, 11) is 5.81. The van der Waals surface area contributed by atoms with Gasteiger partial charge in [-0.15, -0.1) is 0 Å². The molecule has 0 bridgehead atoms. The summed E-state index contributed by atoms with van der Waals surface area (Å²) in [5.41, 5.74) is 1.20. The van der Waals surface area contributed by atoms with Gasteiger partial charge in [0.25, 0.3) is 0 Å². The van der Waals surface area contributed by atoms with Gasteiger partial charge in [-0.3, -0.25) is 14.7 Å². The molecule has 1 aliphatic rings. The van der Waals surface area contributed by atoms with E-state index in [1.807, 2.05) is 12.1 Å². The van der Waals surface area contributed by atoms with E-state index in [0.29, 0.717) is 19.1 Å². The van der Waals surface area contributed by atoms with Crippen LogP contribution in [0, 0.1) is 0 Å². The minimum atomic E-state index is 0.0724. The molecule has 29 heavy (non-hydrogen) atoms. The van der Waals surface area contributed by atoms with E-state index in [2.05, 4.69) is 58.9 Å². The Balaban J connectivity index is 1.94. The molecule has 1 heterocycles. The normalized spacial score (nSPS) is 17.2. The maximum absolute atomic E-state index is 11.6. The molecular weight excluding hydrogens is 388 g/mol.